The zero-order chi connectivity index (χ0) is 15.9. The lowest BCUT2D eigenvalue weighted by Crippen LogP contribution is -2.16. The minimum absolute atomic E-state index is 0.104. The normalized spacial score (nSPS) is 13.4. The lowest BCUT2D eigenvalue weighted by atomic mass is 9.97. The SMILES string of the molecule is CN1Cc2c(Cl)cccc2C(=O)c2cc(CC(=O)O)ccc21. The van der Waals surface area contributed by atoms with Crippen molar-refractivity contribution in [2.75, 3.05) is 11.9 Å². The number of halogens is 1. The van der Waals surface area contributed by atoms with Crippen molar-refractivity contribution >= 4 is 29.0 Å². The fraction of sp³-hybridized carbons (Fsp3) is 0.176. The van der Waals surface area contributed by atoms with E-state index < -0.39 is 5.97 Å². The van der Waals surface area contributed by atoms with Gasteiger partial charge in [0.05, 0.1) is 6.42 Å². The molecule has 0 saturated heterocycles. The molecule has 0 radical (unpaired) electrons. The molecule has 3 rings (SSSR count). The van der Waals surface area contributed by atoms with Crippen LogP contribution < -0.4 is 4.90 Å². The number of nitrogens with zero attached hydrogens (tertiary/aromatic N) is 1. The van der Waals surface area contributed by atoms with E-state index in [2.05, 4.69) is 0 Å². The molecule has 22 heavy (non-hydrogen) atoms. The highest BCUT2D eigenvalue weighted by Crippen LogP contribution is 2.33. The number of aliphatic carboxylic acids is 1. The van der Waals surface area contributed by atoms with Crippen molar-refractivity contribution < 1.29 is 14.7 Å². The molecule has 0 unspecified atom stereocenters. The van der Waals surface area contributed by atoms with E-state index >= 15 is 0 Å². The molecule has 0 spiro atoms. The molecule has 112 valence electrons. The highest BCUT2D eigenvalue weighted by atomic mass is 35.5. The lowest BCUT2D eigenvalue weighted by molar-refractivity contribution is -0.136. The molecule has 0 fully saturated rings. The Balaban J connectivity index is 2.17. The third-order valence-corrected chi connectivity index (χ3v) is 4.19. The standard InChI is InChI=1S/C17H14ClNO3/c1-19-9-13-11(3-2-4-14(13)18)17(22)12-7-10(8-16(20)21)5-6-15(12)19/h2-7H,8-9H2,1H3,(H,20,21). The van der Waals surface area contributed by atoms with E-state index in [1.807, 2.05) is 11.9 Å². The summed E-state index contributed by atoms with van der Waals surface area (Å²) in [6.45, 7) is 0.534. The largest absolute Gasteiger partial charge is 0.481 e. The quantitative estimate of drug-likeness (QED) is 0.925. The average Bonchev–Trinajstić information content (AvgIpc) is 2.57. The van der Waals surface area contributed by atoms with Crippen LogP contribution in [-0.2, 0) is 17.8 Å². The van der Waals surface area contributed by atoms with Crippen LogP contribution in [0.1, 0.15) is 27.0 Å². The number of hydrogen-bond donors (Lipinski definition) is 1. The van der Waals surface area contributed by atoms with Gasteiger partial charge in [0.2, 0.25) is 0 Å². The summed E-state index contributed by atoms with van der Waals surface area (Å²) in [5.74, 6) is -1.04. The second-order valence-corrected chi connectivity index (χ2v) is 5.78. The molecule has 0 bridgehead atoms. The molecular weight excluding hydrogens is 302 g/mol. The monoisotopic (exact) mass is 315 g/mol. The predicted octanol–water partition coefficient (Wildman–Crippen LogP) is 3.15. The van der Waals surface area contributed by atoms with Crippen LogP contribution in [0.15, 0.2) is 36.4 Å². The first-order valence-electron chi connectivity index (χ1n) is 6.85. The number of anilines is 1. The van der Waals surface area contributed by atoms with Gasteiger partial charge in [0.1, 0.15) is 0 Å². The molecule has 4 nitrogen and oxygen atoms in total. The van der Waals surface area contributed by atoms with E-state index in [-0.39, 0.29) is 12.2 Å². The van der Waals surface area contributed by atoms with Crippen LogP contribution in [0.4, 0.5) is 5.69 Å². The number of benzene rings is 2. The molecule has 0 atom stereocenters. The van der Waals surface area contributed by atoms with E-state index in [0.717, 1.165) is 11.3 Å². The number of rotatable bonds is 2. The fourth-order valence-electron chi connectivity index (χ4n) is 2.78. The Hall–Kier alpha value is -2.33. The van der Waals surface area contributed by atoms with Gasteiger partial charge >= 0.3 is 5.97 Å². The van der Waals surface area contributed by atoms with E-state index in [4.69, 9.17) is 16.7 Å². The van der Waals surface area contributed by atoms with Gasteiger partial charge in [0.15, 0.2) is 5.78 Å². The molecule has 2 aromatic carbocycles. The first kappa shape index (κ1) is 14.6. The van der Waals surface area contributed by atoms with Gasteiger partial charge in [-0.3, -0.25) is 9.59 Å². The van der Waals surface area contributed by atoms with Crippen LogP contribution in [0.3, 0.4) is 0 Å². The second kappa shape index (κ2) is 5.46. The van der Waals surface area contributed by atoms with Crippen LogP contribution in [0.5, 0.6) is 0 Å². The number of fused-ring (bicyclic) bond motifs is 2. The smallest absolute Gasteiger partial charge is 0.307 e. The predicted molar refractivity (Wildman–Crippen MR) is 84.8 cm³/mol. The van der Waals surface area contributed by atoms with Gasteiger partial charge in [-0.05, 0) is 23.8 Å². The summed E-state index contributed by atoms with van der Waals surface area (Å²) in [5.41, 5.74) is 3.28. The number of carboxylic acids is 1. The Morgan fingerprint density at radius 1 is 1.27 bits per heavy atom. The van der Waals surface area contributed by atoms with Crippen LogP contribution in [0, 0.1) is 0 Å². The maximum atomic E-state index is 12.8. The van der Waals surface area contributed by atoms with Crippen molar-refractivity contribution in [2.24, 2.45) is 0 Å². The highest BCUT2D eigenvalue weighted by molar-refractivity contribution is 6.32. The molecule has 2 aromatic rings. The van der Waals surface area contributed by atoms with Crippen LogP contribution in [-0.4, -0.2) is 23.9 Å². The molecule has 0 aliphatic carbocycles. The van der Waals surface area contributed by atoms with Crippen LogP contribution in [0.25, 0.3) is 0 Å². The summed E-state index contributed by atoms with van der Waals surface area (Å²) in [7, 11) is 1.89. The third-order valence-electron chi connectivity index (χ3n) is 3.83. The van der Waals surface area contributed by atoms with Crippen molar-refractivity contribution in [1.82, 2.24) is 0 Å². The average molecular weight is 316 g/mol. The van der Waals surface area contributed by atoms with Crippen molar-refractivity contribution in [3.8, 4) is 0 Å². The Labute approximate surface area is 132 Å². The first-order chi connectivity index (χ1) is 10.5. The maximum absolute atomic E-state index is 12.8. The van der Waals surface area contributed by atoms with Gasteiger partial charge in [-0.25, -0.2) is 0 Å². The first-order valence-corrected chi connectivity index (χ1v) is 7.23. The number of hydrogen-bond acceptors (Lipinski definition) is 3. The molecule has 0 aromatic heterocycles. The summed E-state index contributed by atoms with van der Waals surface area (Å²) >= 11 is 6.23. The summed E-state index contributed by atoms with van der Waals surface area (Å²) in [6.07, 6.45) is -0.104. The summed E-state index contributed by atoms with van der Waals surface area (Å²) in [4.78, 5) is 25.7. The minimum atomic E-state index is -0.919. The van der Waals surface area contributed by atoms with E-state index in [1.54, 1.807) is 36.4 Å². The van der Waals surface area contributed by atoms with Crippen molar-refractivity contribution in [1.29, 1.82) is 0 Å². The summed E-state index contributed by atoms with van der Waals surface area (Å²) in [5, 5.41) is 9.49. The number of carboxylic acid groups (broad SMARTS) is 1. The molecule has 1 N–H and O–H groups in total. The number of carbonyl (C=O) groups excluding carboxylic acids is 1. The molecular formula is C17H14ClNO3. The van der Waals surface area contributed by atoms with Gasteiger partial charge in [0.25, 0.3) is 0 Å². The molecule has 1 aliphatic heterocycles. The highest BCUT2D eigenvalue weighted by Gasteiger charge is 2.25. The number of ketones is 1. The molecule has 0 amide bonds. The maximum Gasteiger partial charge on any atom is 0.307 e. The summed E-state index contributed by atoms with van der Waals surface area (Å²) in [6, 6.07) is 10.5. The van der Waals surface area contributed by atoms with Gasteiger partial charge in [-0.15, -0.1) is 0 Å². The van der Waals surface area contributed by atoms with E-state index in [0.29, 0.717) is 28.3 Å². The Kier molecular flexibility index (Phi) is 3.62. The van der Waals surface area contributed by atoms with Gasteiger partial charge in [0, 0.05) is 41.0 Å². The third kappa shape index (κ3) is 2.46. The van der Waals surface area contributed by atoms with Crippen LogP contribution in [0.2, 0.25) is 5.02 Å². The summed E-state index contributed by atoms with van der Waals surface area (Å²) < 4.78 is 0. The second-order valence-electron chi connectivity index (χ2n) is 5.37. The van der Waals surface area contributed by atoms with Gasteiger partial charge < -0.3 is 10.0 Å². The molecule has 0 saturated carbocycles. The van der Waals surface area contributed by atoms with Crippen LogP contribution >= 0.6 is 11.6 Å². The van der Waals surface area contributed by atoms with E-state index in [9.17, 15) is 9.59 Å². The Morgan fingerprint density at radius 2 is 2.05 bits per heavy atom. The minimum Gasteiger partial charge on any atom is -0.481 e. The Bertz CT molecular complexity index is 785. The van der Waals surface area contributed by atoms with Crippen molar-refractivity contribution in [3.63, 3.8) is 0 Å². The lowest BCUT2D eigenvalue weighted by Gasteiger charge is -2.20. The molecule has 1 aliphatic rings. The van der Waals surface area contributed by atoms with Gasteiger partial charge in [-0.1, -0.05) is 29.8 Å². The van der Waals surface area contributed by atoms with Crippen molar-refractivity contribution in [2.45, 2.75) is 13.0 Å². The van der Waals surface area contributed by atoms with Crippen molar-refractivity contribution in [3.05, 3.63) is 63.7 Å². The molecule has 1 heterocycles. The zero-order valence-corrected chi connectivity index (χ0v) is 12.7. The van der Waals surface area contributed by atoms with E-state index in [1.165, 1.54) is 0 Å². The van der Waals surface area contributed by atoms with Gasteiger partial charge in [-0.2, -0.15) is 0 Å². The number of carbonyl (C=O) groups is 2. The zero-order valence-electron chi connectivity index (χ0n) is 12.0. The molecule has 5 heteroatoms. The Morgan fingerprint density at radius 3 is 2.77 bits per heavy atom. The topological polar surface area (TPSA) is 57.6 Å². The fourth-order valence-corrected chi connectivity index (χ4v) is 3.02.